The fraction of sp³-hybridized carbons (Fsp3) is 0.316. The molecule has 0 radical (unpaired) electrons. The van der Waals surface area contributed by atoms with E-state index in [1.165, 1.54) is 16.8 Å². The fourth-order valence-electron chi connectivity index (χ4n) is 3.17. The van der Waals surface area contributed by atoms with Crippen molar-refractivity contribution < 1.29 is 4.79 Å². The Hall–Kier alpha value is -2.20. The molecular formula is C19H22ClN3O. The summed E-state index contributed by atoms with van der Waals surface area (Å²) in [5.41, 5.74) is 4.64. The van der Waals surface area contributed by atoms with Gasteiger partial charge in [0.25, 0.3) is 0 Å². The van der Waals surface area contributed by atoms with Crippen molar-refractivity contribution in [3.63, 3.8) is 0 Å². The minimum atomic E-state index is -0.0570. The molecule has 0 aliphatic carbocycles. The van der Waals surface area contributed by atoms with Gasteiger partial charge in [-0.25, -0.2) is 4.79 Å². The van der Waals surface area contributed by atoms with Gasteiger partial charge in [-0.2, -0.15) is 0 Å². The summed E-state index contributed by atoms with van der Waals surface area (Å²) in [5, 5.41) is 3.59. The molecule has 0 saturated carbocycles. The average Bonchev–Trinajstić information content (AvgIpc) is 2.57. The van der Waals surface area contributed by atoms with E-state index in [2.05, 4.69) is 42.3 Å². The summed E-state index contributed by atoms with van der Waals surface area (Å²) >= 11 is 5.87. The summed E-state index contributed by atoms with van der Waals surface area (Å²) in [6.07, 6.45) is 0. The van der Waals surface area contributed by atoms with Crippen molar-refractivity contribution in [3.8, 4) is 0 Å². The van der Waals surface area contributed by atoms with E-state index in [4.69, 9.17) is 11.6 Å². The van der Waals surface area contributed by atoms with Crippen molar-refractivity contribution in [2.24, 2.45) is 0 Å². The molecule has 0 atom stereocenters. The number of anilines is 2. The van der Waals surface area contributed by atoms with Crippen molar-refractivity contribution in [2.75, 3.05) is 36.4 Å². The molecule has 0 bridgehead atoms. The number of urea groups is 1. The first-order valence-corrected chi connectivity index (χ1v) is 8.55. The molecule has 0 aromatic heterocycles. The first-order valence-electron chi connectivity index (χ1n) is 8.17. The highest BCUT2D eigenvalue weighted by Crippen LogP contribution is 2.25. The Labute approximate surface area is 148 Å². The number of nitrogens with one attached hydrogen (secondary N) is 1. The lowest BCUT2D eigenvalue weighted by atomic mass is 10.1. The van der Waals surface area contributed by atoms with Crippen molar-refractivity contribution >= 4 is 29.0 Å². The highest BCUT2D eigenvalue weighted by Gasteiger charge is 2.22. The number of rotatable bonds is 2. The summed E-state index contributed by atoms with van der Waals surface area (Å²) < 4.78 is 0. The number of piperazine rings is 1. The predicted molar refractivity (Wildman–Crippen MR) is 100 cm³/mol. The second-order valence-corrected chi connectivity index (χ2v) is 6.59. The molecule has 4 nitrogen and oxygen atoms in total. The molecule has 126 valence electrons. The average molecular weight is 344 g/mol. The van der Waals surface area contributed by atoms with Crippen molar-refractivity contribution in [1.29, 1.82) is 0 Å². The van der Waals surface area contributed by atoms with Gasteiger partial charge in [0, 0.05) is 42.6 Å². The van der Waals surface area contributed by atoms with Crippen LogP contribution in [0.25, 0.3) is 0 Å². The third-order valence-corrected chi connectivity index (χ3v) is 4.67. The fourth-order valence-corrected chi connectivity index (χ4v) is 3.30. The summed E-state index contributed by atoms with van der Waals surface area (Å²) in [4.78, 5) is 16.6. The SMILES string of the molecule is Cc1cccc(C)c1N1CCN(C(=O)Nc2ccc(Cl)cc2)CC1. The second-order valence-electron chi connectivity index (χ2n) is 6.15. The standard InChI is InChI=1S/C19H22ClN3O/c1-14-4-3-5-15(2)18(14)22-10-12-23(13-11-22)19(24)21-17-8-6-16(20)7-9-17/h3-9H,10-13H2,1-2H3,(H,21,24). The van der Waals surface area contributed by atoms with Gasteiger partial charge in [0.2, 0.25) is 0 Å². The van der Waals surface area contributed by atoms with Gasteiger partial charge in [0.15, 0.2) is 0 Å². The molecule has 1 aliphatic heterocycles. The number of halogens is 1. The summed E-state index contributed by atoms with van der Waals surface area (Å²) in [6, 6.07) is 13.5. The molecule has 1 fully saturated rings. The van der Waals surface area contributed by atoms with Gasteiger partial charge in [-0.05, 0) is 49.2 Å². The molecule has 2 amide bonds. The van der Waals surface area contributed by atoms with Gasteiger partial charge in [0.1, 0.15) is 0 Å². The lowest BCUT2D eigenvalue weighted by Crippen LogP contribution is -2.50. The maximum absolute atomic E-state index is 12.4. The van der Waals surface area contributed by atoms with Gasteiger partial charge in [-0.1, -0.05) is 29.8 Å². The number of carbonyl (C=O) groups is 1. The highest BCUT2D eigenvalue weighted by atomic mass is 35.5. The third-order valence-electron chi connectivity index (χ3n) is 4.42. The van der Waals surface area contributed by atoms with E-state index < -0.39 is 0 Å². The maximum atomic E-state index is 12.4. The number of hydrogen-bond donors (Lipinski definition) is 1. The van der Waals surface area contributed by atoms with Crippen molar-refractivity contribution in [2.45, 2.75) is 13.8 Å². The van der Waals surface area contributed by atoms with Crippen LogP contribution < -0.4 is 10.2 Å². The number of benzene rings is 2. The zero-order valence-electron chi connectivity index (χ0n) is 14.1. The van der Waals surface area contributed by atoms with Gasteiger partial charge in [0.05, 0.1) is 0 Å². The van der Waals surface area contributed by atoms with Gasteiger partial charge in [-0.15, -0.1) is 0 Å². The normalized spacial score (nSPS) is 14.6. The largest absolute Gasteiger partial charge is 0.368 e. The molecule has 2 aromatic carbocycles. The van der Waals surface area contributed by atoms with E-state index >= 15 is 0 Å². The van der Waals surface area contributed by atoms with Crippen LogP contribution in [0.15, 0.2) is 42.5 Å². The Morgan fingerprint density at radius 3 is 2.12 bits per heavy atom. The molecule has 1 heterocycles. The lowest BCUT2D eigenvalue weighted by Gasteiger charge is -2.37. The number of amides is 2. The van der Waals surface area contributed by atoms with E-state index in [-0.39, 0.29) is 6.03 Å². The molecular weight excluding hydrogens is 322 g/mol. The van der Waals surface area contributed by atoms with Gasteiger partial charge < -0.3 is 15.1 Å². The van der Waals surface area contributed by atoms with E-state index in [0.29, 0.717) is 18.1 Å². The Balaban J connectivity index is 1.60. The highest BCUT2D eigenvalue weighted by molar-refractivity contribution is 6.30. The van der Waals surface area contributed by atoms with Crippen LogP contribution in [0.4, 0.5) is 16.2 Å². The molecule has 24 heavy (non-hydrogen) atoms. The predicted octanol–water partition coefficient (Wildman–Crippen LogP) is 4.31. The molecule has 1 saturated heterocycles. The molecule has 1 aliphatic rings. The molecule has 0 unspecified atom stereocenters. The minimum absolute atomic E-state index is 0.0570. The van der Waals surface area contributed by atoms with Gasteiger partial charge >= 0.3 is 6.03 Å². The van der Waals surface area contributed by atoms with Crippen LogP contribution >= 0.6 is 11.6 Å². The summed E-state index contributed by atoms with van der Waals surface area (Å²) in [5.74, 6) is 0. The quantitative estimate of drug-likeness (QED) is 0.881. The van der Waals surface area contributed by atoms with Crippen LogP contribution in [0.1, 0.15) is 11.1 Å². The van der Waals surface area contributed by atoms with E-state index in [1.807, 2.05) is 17.0 Å². The summed E-state index contributed by atoms with van der Waals surface area (Å²) in [6.45, 7) is 7.41. The Morgan fingerprint density at radius 1 is 0.958 bits per heavy atom. The van der Waals surface area contributed by atoms with Crippen LogP contribution in [0.5, 0.6) is 0 Å². The van der Waals surface area contributed by atoms with Crippen LogP contribution in [-0.4, -0.2) is 37.1 Å². The minimum Gasteiger partial charge on any atom is -0.368 e. The molecule has 2 aromatic rings. The second kappa shape index (κ2) is 7.14. The van der Waals surface area contributed by atoms with E-state index in [1.54, 1.807) is 12.1 Å². The zero-order chi connectivity index (χ0) is 17.1. The maximum Gasteiger partial charge on any atom is 0.321 e. The van der Waals surface area contributed by atoms with E-state index in [0.717, 1.165) is 18.8 Å². The zero-order valence-corrected chi connectivity index (χ0v) is 14.8. The topological polar surface area (TPSA) is 35.6 Å². The molecule has 5 heteroatoms. The monoisotopic (exact) mass is 343 g/mol. The van der Waals surface area contributed by atoms with Crippen molar-refractivity contribution in [3.05, 3.63) is 58.6 Å². The number of carbonyl (C=O) groups excluding carboxylic acids is 1. The molecule has 3 rings (SSSR count). The van der Waals surface area contributed by atoms with Crippen molar-refractivity contribution in [1.82, 2.24) is 4.90 Å². The van der Waals surface area contributed by atoms with Crippen LogP contribution in [0, 0.1) is 13.8 Å². The van der Waals surface area contributed by atoms with Gasteiger partial charge in [-0.3, -0.25) is 0 Å². The number of nitrogens with zero attached hydrogens (tertiary/aromatic N) is 2. The molecule has 1 N–H and O–H groups in total. The van der Waals surface area contributed by atoms with E-state index in [9.17, 15) is 4.79 Å². The number of aryl methyl sites for hydroxylation is 2. The Bertz CT molecular complexity index is 702. The molecule has 0 spiro atoms. The third kappa shape index (κ3) is 3.65. The number of hydrogen-bond acceptors (Lipinski definition) is 2. The lowest BCUT2D eigenvalue weighted by molar-refractivity contribution is 0.208. The number of para-hydroxylation sites is 1. The first-order chi connectivity index (χ1) is 11.5. The smallest absolute Gasteiger partial charge is 0.321 e. The Morgan fingerprint density at radius 2 is 1.54 bits per heavy atom. The van der Waals surface area contributed by atoms with Crippen LogP contribution in [0.3, 0.4) is 0 Å². The van der Waals surface area contributed by atoms with Crippen LogP contribution in [0.2, 0.25) is 5.02 Å². The summed E-state index contributed by atoms with van der Waals surface area (Å²) in [7, 11) is 0. The van der Waals surface area contributed by atoms with Crippen LogP contribution in [-0.2, 0) is 0 Å². The first kappa shape index (κ1) is 16.7. The Kier molecular flexibility index (Phi) is 4.95.